The third-order valence-corrected chi connectivity index (χ3v) is 2.49. The third kappa shape index (κ3) is 2.70. The molecule has 4 nitrogen and oxygen atoms in total. The molecule has 0 bridgehead atoms. The molecule has 0 aliphatic carbocycles. The third-order valence-electron chi connectivity index (χ3n) is 2.49. The summed E-state index contributed by atoms with van der Waals surface area (Å²) < 4.78 is 0. The van der Waals surface area contributed by atoms with E-state index in [1.54, 1.807) is 18.2 Å². The van der Waals surface area contributed by atoms with Crippen molar-refractivity contribution in [1.82, 2.24) is 0 Å². The fraction of sp³-hybridized carbons (Fsp3) is 0.273. The minimum atomic E-state index is -2.05. The van der Waals surface area contributed by atoms with Crippen molar-refractivity contribution in [3.8, 4) is 0 Å². The number of aliphatic carboxylic acids is 2. The van der Waals surface area contributed by atoms with Gasteiger partial charge in [0, 0.05) is 0 Å². The van der Waals surface area contributed by atoms with E-state index in [0.717, 1.165) is 0 Å². The van der Waals surface area contributed by atoms with Crippen LogP contribution in [0.15, 0.2) is 30.3 Å². The second-order valence-corrected chi connectivity index (χ2v) is 3.20. The van der Waals surface area contributed by atoms with E-state index in [1.807, 2.05) is 0 Å². The van der Waals surface area contributed by atoms with E-state index in [0.29, 0.717) is 0 Å². The zero-order valence-electron chi connectivity index (χ0n) is 8.93. The van der Waals surface area contributed by atoms with Crippen molar-refractivity contribution in [2.75, 3.05) is 0 Å². The molecule has 0 aromatic heterocycles. The van der Waals surface area contributed by atoms with Gasteiger partial charge >= 0.3 is 48.9 Å². The van der Waals surface area contributed by atoms with Gasteiger partial charge < -0.3 is 19.8 Å². The molecule has 0 amide bonds. The van der Waals surface area contributed by atoms with Crippen LogP contribution < -0.4 is 10.2 Å². The van der Waals surface area contributed by atoms with E-state index in [4.69, 9.17) is 0 Å². The van der Waals surface area contributed by atoms with Crippen LogP contribution in [-0.4, -0.2) is 60.8 Å². The van der Waals surface area contributed by atoms with Crippen LogP contribution in [0.2, 0.25) is 0 Å². The molecule has 0 N–H and O–H groups in total. The molecule has 16 heavy (non-hydrogen) atoms. The number of carbonyl (C=O) groups is 2. The summed E-state index contributed by atoms with van der Waals surface area (Å²) in [6.45, 7) is 1.47. The molecule has 1 rings (SSSR count). The van der Waals surface area contributed by atoms with Gasteiger partial charge in [-0.3, -0.25) is 0 Å². The van der Waals surface area contributed by atoms with Crippen LogP contribution >= 0.6 is 0 Å². The van der Waals surface area contributed by atoms with Gasteiger partial charge in [-0.05, 0) is 12.0 Å². The number of carbonyl (C=O) groups excluding carboxylic acids is 2. The molecule has 0 spiro atoms. The summed E-state index contributed by atoms with van der Waals surface area (Å²) >= 11 is 0. The van der Waals surface area contributed by atoms with E-state index < -0.39 is 17.4 Å². The van der Waals surface area contributed by atoms with Crippen LogP contribution in [0.1, 0.15) is 18.9 Å². The van der Waals surface area contributed by atoms with Crippen molar-refractivity contribution >= 4 is 60.8 Å². The normalized spacial score (nSPS) is 10.3. The number of carboxylic acid groups (broad SMARTS) is 2. The van der Waals surface area contributed by atoms with Crippen molar-refractivity contribution in [3.05, 3.63) is 35.9 Å². The van der Waals surface area contributed by atoms with Gasteiger partial charge in [-0.2, -0.15) is 0 Å². The number of carboxylic acids is 2. The molecule has 1 aromatic rings. The number of hydrogen-bond donors (Lipinski definition) is 0. The molecule has 0 radical (unpaired) electrons. The molecule has 0 saturated carbocycles. The van der Waals surface area contributed by atoms with Crippen molar-refractivity contribution in [2.45, 2.75) is 18.8 Å². The maximum absolute atomic E-state index is 11.0. The first-order chi connectivity index (χ1) is 7.05. The van der Waals surface area contributed by atoms with E-state index in [-0.39, 0.29) is 60.9 Å². The van der Waals surface area contributed by atoms with Crippen molar-refractivity contribution in [3.63, 3.8) is 0 Å². The van der Waals surface area contributed by atoms with Crippen LogP contribution in [0.25, 0.3) is 0 Å². The fourth-order valence-corrected chi connectivity index (χ4v) is 1.53. The smallest absolute Gasteiger partial charge is 0.549 e. The quantitative estimate of drug-likeness (QED) is 0.490. The van der Waals surface area contributed by atoms with Crippen LogP contribution in [0.4, 0.5) is 0 Å². The van der Waals surface area contributed by atoms with Crippen LogP contribution in [0, 0.1) is 0 Å². The molecule has 0 heterocycles. The standard InChI is InChI=1S/C11H12O4.Ba/c1-2-11(9(12)13,10(14)15)8-6-4-3-5-7-8;/h3-7H,2H2,1H3,(H,12,13)(H,14,15);/q;+2/p-2. The number of benzene rings is 1. The van der Waals surface area contributed by atoms with E-state index >= 15 is 0 Å². The molecule has 0 aliphatic heterocycles. The summed E-state index contributed by atoms with van der Waals surface area (Å²) in [5, 5.41) is 21.9. The maximum atomic E-state index is 11.0. The average Bonchev–Trinajstić information content (AvgIpc) is 2.20. The fourth-order valence-electron chi connectivity index (χ4n) is 1.53. The summed E-state index contributed by atoms with van der Waals surface area (Å²) in [7, 11) is 0. The summed E-state index contributed by atoms with van der Waals surface area (Å²) in [4.78, 5) is 21.9. The first-order valence-electron chi connectivity index (χ1n) is 4.54. The van der Waals surface area contributed by atoms with Gasteiger partial charge in [-0.1, -0.05) is 37.3 Å². The maximum Gasteiger partial charge on any atom is 2.00 e. The van der Waals surface area contributed by atoms with E-state index in [2.05, 4.69) is 0 Å². The molecular formula is C11H10BaO4. The van der Waals surface area contributed by atoms with E-state index in [9.17, 15) is 19.8 Å². The summed E-state index contributed by atoms with van der Waals surface area (Å²) in [6, 6.07) is 7.70. The summed E-state index contributed by atoms with van der Waals surface area (Å²) in [5.41, 5.74) is -1.88. The number of rotatable bonds is 4. The molecule has 0 saturated heterocycles. The predicted octanol–water partition coefficient (Wildman–Crippen LogP) is -1.55. The Morgan fingerprint density at radius 1 is 1.12 bits per heavy atom. The largest absolute Gasteiger partial charge is 2.00 e. The van der Waals surface area contributed by atoms with Gasteiger partial charge in [0.2, 0.25) is 0 Å². The van der Waals surface area contributed by atoms with Crippen LogP contribution in [-0.2, 0) is 15.0 Å². The Morgan fingerprint density at radius 2 is 1.56 bits per heavy atom. The molecule has 0 aliphatic rings. The van der Waals surface area contributed by atoms with Gasteiger partial charge in [-0.25, -0.2) is 0 Å². The second-order valence-electron chi connectivity index (χ2n) is 3.20. The van der Waals surface area contributed by atoms with Gasteiger partial charge in [0.15, 0.2) is 0 Å². The van der Waals surface area contributed by atoms with Crippen LogP contribution in [0.3, 0.4) is 0 Å². The minimum absolute atomic E-state index is 0. The average molecular weight is 344 g/mol. The molecule has 5 heteroatoms. The zero-order valence-corrected chi connectivity index (χ0v) is 13.4. The Hall–Kier alpha value is -0.269. The summed E-state index contributed by atoms with van der Waals surface area (Å²) in [5.74, 6) is -3.28. The Kier molecular flexibility index (Phi) is 6.35. The molecule has 1 aromatic carbocycles. The van der Waals surface area contributed by atoms with Crippen LogP contribution in [0.5, 0.6) is 0 Å². The first-order valence-corrected chi connectivity index (χ1v) is 4.54. The minimum Gasteiger partial charge on any atom is -0.549 e. The molecule has 0 unspecified atom stereocenters. The van der Waals surface area contributed by atoms with Crippen molar-refractivity contribution in [1.29, 1.82) is 0 Å². The van der Waals surface area contributed by atoms with Crippen molar-refractivity contribution in [2.24, 2.45) is 0 Å². The van der Waals surface area contributed by atoms with Gasteiger partial charge in [0.05, 0.1) is 17.4 Å². The monoisotopic (exact) mass is 344 g/mol. The molecular weight excluding hydrogens is 333 g/mol. The zero-order chi connectivity index (χ0) is 11.5. The Bertz CT molecular complexity index is 361. The predicted molar refractivity (Wildman–Crippen MR) is 54.2 cm³/mol. The van der Waals surface area contributed by atoms with Gasteiger partial charge in [0.25, 0.3) is 0 Å². The second kappa shape index (κ2) is 6.46. The van der Waals surface area contributed by atoms with Crippen molar-refractivity contribution < 1.29 is 19.8 Å². The first kappa shape index (κ1) is 15.7. The summed E-state index contributed by atoms with van der Waals surface area (Å²) in [6.07, 6.45) is -0.109. The SMILES string of the molecule is CCC(C(=O)[O-])(C(=O)[O-])c1ccccc1.[Ba+2]. The molecule has 80 valence electrons. The van der Waals surface area contributed by atoms with Gasteiger partial charge in [0.1, 0.15) is 0 Å². The molecule has 0 atom stereocenters. The Labute approximate surface area is 134 Å². The Morgan fingerprint density at radius 3 is 1.88 bits per heavy atom. The number of hydrogen-bond acceptors (Lipinski definition) is 4. The molecule has 0 fully saturated rings. The Balaban J connectivity index is 0.00000225. The topological polar surface area (TPSA) is 80.3 Å². The van der Waals surface area contributed by atoms with Gasteiger partial charge in [-0.15, -0.1) is 0 Å². The van der Waals surface area contributed by atoms with E-state index in [1.165, 1.54) is 19.1 Å².